The number of amides is 1. The van der Waals surface area contributed by atoms with E-state index in [1.165, 1.54) is 16.3 Å². The number of rotatable bonds is 6. The summed E-state index contributed by atoms with van der Waals surface area (Å²) in [4.78, 5) is 14.5. The number of hydrogen-bond donors (Lipinski definition) is 2. The van der Waals surface area contributed by atoms with Crippen molar-refractivity contribution in [3.8, 4) is 0 Å². The van der Waals surface area contributed by atoms with Crippen molar-refractivity contribution < 1.29 is 22.8 Å². The normalized spacial score (nSPS) is 11.7. The highest BCUT2D eigenvalue weighted by molar-refractivity contribution is 7.89. The van der Waals surface area contributed by atoms with Crippen LogP contribution in [0.25, 0.3) is 0 Å². The Balaban J connectivity index is 2.31. The number of hydrogen-bond acceptors (Lipinski definition) is 7. The van der Waals surface area contributed by atoms with E-state index in [0.717, 1.165) is 16.9 Å². The van der Waals surface area contributed by atoms with Crippen molar-refractivity contribution in [2.45, 2.75) is 32.1 Å². The van der Waals surface area contributed by atoms with Crippen LogP contribution in [0, 0.1) is 20.8 Å². The summed E-state index contributed by atoms with van der Waals surface area (Å²) in [7, 11) is -4.13. The third kappa shape index (κ3) is 4.14. The van der Waals surface area contributed by atoms with Gasteiger partial charge in [-0.25, -0.2) is 18.5 Å². The van der Waals surface area contributed by atoms with Crippen LogP contribution in [0.3, 0.4) is 0 Å². The van der Waals surface area contributed by atoms with Gasteiger partial charge in [0.1, 0.15) is 20.5 Å². The number of primary sulfonamides is 1. The molecule has 8 nitrogen and oxygen atoms in total. The number of aryl methyl sites for hydroxylation is 3. The summed E-state index contributed by atoms with van der Waals surface area (Å²) in [6.07, 6.45) is 0.263. The summed E-state index contributed by atoms with van der Waals surface area (Å²) in [5, 5.41) is 20.3. The van der Waals surface area contributed by atoms with Gasteiger partial charge in [0.05, 0.1) is 5.69 Å². The minimum Gasteiger partial charge on any atom is -0.396 e. The summed E-state index contributed by atoms with van der Waals surface area (Å²) in [5.74, 6) is -0.725. The van der Waals surface area contributed by atoms with Crippen molar-refractivity contribution in [3.05, 3.63) is 55.9 Å². The van der Waals surface area contributed by atoms with Gasteiger partial charge in [0.25, 0.3) is 11.8 Å². The largest absolute Gasteiger partial charge is 0.396 e. The Labute approximate surface area is 182 Å². The maximum atomic E-state index is 13.6. The number of aliphatic hydroxyl groups excluding tert-OH is 1. The molecule has 0 radical (unpaired) electrons. The Hall–Kier alpha value is -2.24. The average Bonchev–Trinajstić information content (AvgIpc) is 3.26. The van der Waals surface area contributed by atoms with Crippen molar-refractivity contribution in [2.24, 2.45) is 5.14 Å². The van der Waals surface area contributed by atoms with E-state index in [-0.39, 0.29) is 33.7 Å². The molecule has 0 bridgehead atoms. The van der Waals surface area contributed by atoms with Crippen LogP contribution in [0.15, 0.2) is 33.0 Å². The maximum absolute atomic E-state index is 13.6. The molecule has 0 aliphatic carbocycles. The lowest BCUT2D eigenvalue weighted by atomic mass is 10.0. The number of halogens is 1. The molecule has 3 N–H and O–H groups in total. The van der Waals surface area contributed by atoms with Gasteiger partial charge in [-0.05, 0) is 49.8 Å². The van der Waals surface area contributed by atoms with E-state index in [0.29, 0.717) is 22.5 Å². The fourth-order valence-electron chi connectivity index (χ4n) is 3.24. The molecule has 1 aromatic carbocycles. The lowest BCUT2D eigenvalue weighted by molar-refractivity contribution is 0.0995. The average molecular weight is 470 g/mol. The van der Waals surface area contributed by atoms with Crippen LogP contribution in [0.5, 0.6) is 0 Å². The first-order valence-corrected chi connectivity index (χ1v) is 11.6. The van der Waals surface area contributed by atoms with Gasteiger partial charge < -0.3 is 9.63 Å². The SMILES string of the molecule is Cc1cc(C)c(N(C(=O)c2sccc2S(N)(=O)=O)c2onc(C)c2Cl)c(CCO)c1. The van der Waals surface area contributed by atoms with Crippen LogP contribution in [-0.2, 0) is 16.4 Å². The van der Waals surface area contributed by atoms with Gasteiger partial charge in [-0.2, -0.15) is 0 Å². The Kier molecular flexibility index (Phi) is 6.34. The molecule has 3 aromatic rings. The third-order valence-corrected chi connectivity index (χ3v) is 6.86. The van der Waals surface area contributed by atoms with Gasteiger partial charge in [0.15, 0.2) is 0 Å². The molecule has 160 valence electrons. The molecule has 2 aromatic heterocycles. The van der Waals surface area contributed by atoms with Crippen LogP contribution >= 0.6 is 22.9 Å². The summed E-state index contributed by atoms with van der Waals surface area (Å²) in [5.41, 5.74) is 3.13. The van der Waals surface area contributed by atoms with Crippen LogP contribution in [0.4, 0.5) is 11.6 Å². The lowest BCUT2D eigenvalue weighted by Gasteiger charge is -2.25. The first kappa shape index (κ1) is 22.4. The molecule has 0 saturated carbocycles. The van der Waals surface area contributed by atoms with Crippen molar-refractivity contribution in [1.29, 1.82) is 0 Å². The van der Waals surface area contributed by atoms with Crippen molar-refractivity contribution in [2.75, 3.05) is 11.5 Å². The number of benzene rings is 1. The molecule has 0 fully saturated rings. The Bertz CT molecular complexity index is 1220. The van der Waals surface area contributed by atoms with E-state index < -0.39 is 15.9 Å². The van der Waals surface area contributed by atoms with E-state index in [9.17, 15) is 18.3 Å². The standard InChI is InChI=1S/C19H20ClN3O5S2/c1-10-8-11(2)16(13(9-10)4-6-24)23(19-15(20)12(3)22-28-19)18(25)17-14(5-7-29-17)30(21,26)27/h5,7-9,24H,4,6H2,1-3H3,(H2,21,26,27). The Morgan fingerprint density at radius 1 is 1.33 bits per heavy atom. The van der Waals surface area contributed by atoms with Crippen molar-refractivity contribution in [3.63, 3.8) is 0 Å². The predicted octanol–water partition coefficient (Wildman–Crippen LogP) is 3.48. The van der Waals surface area contributed by atoms with Gasteiger partial charge in [-0.1, -0.05) is 34.5 Å². The first-order chi connectivity index (χ1) is 14.1. The zero-order chi connectivity index (χ0) is 22.2. The monoisotopic (exact) mass is 469 g/mol. The molecule has 0 aliphatic heterocycles. The topological polar surface area (TPSA) is 127 Å². The molecule has 30 heavy (non-hydrogen) atoms. The Morgan fingerprint density at radius 2 is 2.03 bits per heavy atom. The van der Waals surface area contributed by atoms with E-state index in [2.05, 4.69) is 5.16 Å². The van der Waals surface area contributed by atoms with E-state index in [1.54, 1.807) is 13.8 Å². The highest BCUT2D eigenvalue weighted by Crippen LogP contribution is 2.40. The van der Waals surface area contributed by atoms with Crippen molar-refractivity contribution in [1.82, 2.24) is 5.16 Å². The Morgan fingerprint density at radius 3 is 2.60 bits per heavy atom. The number of anilines is 2. The van der Waals surface area contributed by atoms with Gasteiger partial charge in [0.2, 0.25) is 10.0 Å². The van der Waals surface area contributed by atoms with Crippen LogP contribution in [0.1, 0.15) is 32.1 Å². The molecule has 11 heteroatoms. The summed E-state index contributed by atoms with van der Waals surface area (Å²) >= 11 is 7.30. The fraction of sp³-hybridized carbons (Fsp3) is 0.263. The van der Waals surface area contributed by atoms with Gasteiger partial charge >= 0.3 is 0 Å². The second-order valence-corrected chi connectivity index (χ2v) is 9.57. The van der Waals surface area contributed by atoms with E-state index >= 15 is 0 Å². The lowest BCUT2D eigenvalue weighted by Crippen LogP contribution is -2.29. The molecule has 2 heterocycles. The number of nitrogens with zero attached hydrogens (tertiary/aromatic N) is 2. The summed E-state index contributed by atoms with van der Waals surface area (Å²) < 4.78 is 29.3. The predicted molar refractivity (Wildman–Crippen MR) is 115 cm³/mol. The second kappa shape index (κ2) is 8.48. The van der Waals surface area contributed by atoms with Gasteiger partial charge in [0, 0.05) is 6.61 Å². The number of carbonyl (C=O) groups excluding carboxylic acids is 1. The molecular weight excluding hydrogens is 450 g/mol. The summed E-state index contributed by atoms with van der Waals surface area (Å²) in [6.45, 7) is 5.17. The van der Waals surface area contributed by atoms with E-state index in [1.807, 2.05) is 19.1 Å². The molecule has 0 spiro atoms. The fourth-order valence-corrected chi connectivity index (χ4v) is 5.29. The second-order valence-electron chi connectivity index (χ2n) is 6.75. The number of nitrogens with two attached hydrogens (primary N) is 1. The molecule has 0 atom stereocenters. The molecule has 3 rings (SSSR count). The van der Waals surface area contributed by atoms with Gasteiger partial charge in [-0.3, -0.25) is 4.79 Å². The third-order valence-electron chi connectivity index (χ3n) is 4.44. The molecule has 0 unspecified atom stereocenters. The minimum atomic E-state index is -4.13. The van der Waals surface area contributed by atoms with Crippen LogP contribution in [-0.4, -0.2) is 31.2 Å². The molecular formula is C19H20ClN3O5S2. The highest BCUT2D eigenvalue weighted by atomic mass is 35.5. The quantitative estimate of drug-likeness (QED) is 0.569. The minimum absolute atomic E-state index is 0.0425. The number of thiophene rings is 1. The first-order valence-electron chi connectivity index (χ1n) is 8.83. The molecule has 1 amide bonds. The highest BCUT2D eigenvalue weighted by Gasteiger charge is 2.33. The van der Waals surface area contributed by atoms with Gasteiger partial charge in [-0.15, -0.1) is 11.3 Å². The molecule has 0 aliphatic rings. The zero-order valence-electron chi connectivity index (χ0n) is 16.5. The molecule has 0 saturated heterocycles. The maximum Gasteiger partial charge on any atom is 0.276 e. The van der Waals surface area contributed by atoms with E-state index in [4.69, 9.17) is 21.3 Å². The van der Waals surface area contributed by atoms with Crippen LogP contribution < -0.4 is 10.0 Å². The number of aliphatic hydroxyl groups is 1. The number of carbonyl (C=O) groups is 1. The zero-order valence-corrected chi connectivity index (χ0v) is 18.9. The smallest absolute Gasteiger partial charge is 0.276 e. The van der Waals surface area contributed by atoms with Crippen molar-refractivity contribution >= 4 is 50.4 Å². The number of sulfonamides is 1. The number of aromatic nitrogens is 1. The summed E-state index contributed by atoms with van der Waals surface area (Å²) in [6, 6.07) is 4.98. The van der Waals surface area contributed by atoms with Crippen LogP contribution in [0.2, 0.25) is 5.02 Å².